The fraction of sp³-hybridized carbons (Fsp3) is 0.304. The van der Waals surface area contributed by atoms with Gasteiger partial charge in [-0.05, 0) is 48.4 Å². The van der Waals surface area contributed by atoms with Gasteiger partial charge in [-0.3, -0.25) is 10.1 Å². The smallest absolute Gasteiger partial charge is 0.298 e. The second-order valence-corrected chi connectivity index (χ2v) is 7.05. The maximum Gasteiger partial charge on any atom is 0.298 e. The molecule has 0 aliphatic heterocycles. The normalized spacial score (nSPS) is 18.5. The molecule has 0 saturated heterocycles. The van der Waals surface area contributed by atoms with Crippen LogP contribution in [0.4, 0.5) is 5.69 Å². The molecule has 0 saturated carbocycles. The standard InChI is InChI=1S/C23H26N4O4/c1-3-31-17-19-15-23(27(28)29,24-16-18-9-11-21(30-2)12-10-18)14-13-22(19)26-25-20-7-5-4-6-8-20/h4-14,24H,3,15-17H2,1-2H3. The highest BCUT2D eigenvalue weighted by Gasteiger charge is 2.43. The van der Waals surface area contributed by atoms with Crippen LogP contribution < -0.4 is 10.1 Å². The summed E-state index contributed by atoms with van der Waals surface area (Å²) >= 11 is 0. The van der Waals surface area contributed by atoms with Crippen LogP contribution in [0.25, 0.3) is 0 Å². The molecule has 1 unspecified atom stereocenters. The van der Waals surface area contributed by atoms with E-state index in [4.69, 9.17) is 9.47 Å². The first-order valence-corrected chi connectivity index (χ1v) is 10.0. The SMILES string of the molecule is CCOCC1=C(N=Nc2ccccc2)C=CC(NCc2ccc(OC)cc2)([N+](=O)[O-])C1. The van der Waals surface area contributed by atoms with E-state index in [2.05, 4.69) is 15.5 Å². The van der Waals surface area contributed by atoms with Gasteiger partial charge in [0.1, 0.15) is 5.75 Å². The molecule has 3 rings (SSSR count). The van der Waals surface area contributed by atoms with Crippen LogP contribution in [-0.2, 0) is 11.3 Å². The summed E-state index contributed by atoms with van der Waals surface area (Å²) in [6.07, 6.45) is 3.33. The summed E-state index contributed by atoms with van der Waals surface area (Å²) in [6, 6.07) is 16.8. The highest BCUT2D eigenvalue weighted by Crippen LogP contribution is 2.30. The van der Waals surface area contributed by atoms with Gasteiger partial charge >= 0.3 is 0 Å². The molecule has 0 amide bonds. The van der Waals surface area contributed by atoms with Gasteiger partial charge in [-0.1, -0.05) is 30.3 Å². The average Bonchev–Trinajstić information content (AvgIpc) is 2.81. The first-order valence-electron chi connectivity index (χ1n) is 10.0. The van der Waals surface area contributed by atoms with E-state index in [-0.39, 0.29) is 18.0 Å². The van der Waals surface area contributed by atoms with Crippen LogP contribution in [0.5, 0.6) is 5.75 Å². The van der Waals surface area contributed by atoms with Crippen LogP contribution in [0.1, 0.15) is 18.9 Å². The molecule has 1 atom stereocenters. The Labute approximate surface area is 181 Å². The van der Waals surface area contributed by atoms with E-state index in [9.17, 15) is 10.1 Å². The van der Waals surface area contributed by atoms with Crippen molar-refractivity contribution in [2.75, 3.05) is 20.3 Å². The zero-order chi connectivity index (χ0) is 22.1. The summed E-state index contributed by atoms with van der Waals surface area (Å²) in [6.45, 7) is 2.97. The monoisotopic (exact) mass is 422 g/mol. The Bertz CT molecular complexity index is 971. The van der Waals surface area contributed by atoms with Crippen LogP contribution in [0.3, 0.4) is 0 Å². The van der Waals surface area contributed by atoms with Gasteiger partial charge in [0.25, 0.3) is 5.66 Å². The number of benzene rings is 2. The largest absolute Gasteiger partial charge is 0.497 e. The fourth-order valence-corrected chi connectivity index (χ4v) is 3.18. The number of nitro groups is 1. The summed E-state index contributed by atoms with van der Waals surface area (Å²) < 4.78 is 10.7. The minimum Gasteiger partial charge on any atom is -0.497 e. The van der Waals surface area contributed by atoms with E-state index in [1.165, 1.54) is 0 Å². The molecule has 31 heavy (non-hydrogen) atoms. The minimum atomic E-state index is -1.45. The molecule has 2 aromatic rings. The predicted octanol–water partition coefficient (Wildman–Crippen LogP) is 4.79. The van der Waals surface area contributed by atoms with Gasteiger partial charge in [0, 0.05) is 24.2 Å². The van der Waals surface area contributed by atoms with Gasteiger partial charge in [-0.25, -0.2) is 5.32 Å². The molecule has 1 aliphatic carbocycles. The van der Waals surface area contributed by atoms with Crippen LogP contribution in [0.15, 0.2) is 88.2 Å². The molecule has 0 aromatic heterocycles. The Hall–Kier alpha value is -3.36. The number of allylic oxidation sites excluding steroid dienone is 1. The molecule has 2 aromatic carbocycles. The number of hydrogen-bond donors (Lipinski definition) is 1. The van der Waals surface area contributed by atoms with Crippen molar-refractivity contribution >= 4 is 5.69 Å². The average molecular weight is 422 g/mol. The fourth-order valence-electron chi connectivity index (χ4n) is 3.18. The van der Waals surface area contributed by atoms with E-state index in [0.717, 1.165) is 16.9 Å². The summed E-state index contributed by atoms with van der Waals surface area (Å²) in [7, 11) is 1.60. The quantitative estimate of drug-likeness (QED) is 0.257. The van der Waals surface area contributed by atoms with Gasteiger partial charge in [0.15, 0.2) is 0 Å². The summed E-state index contributed by atoms with van der Waals surface area (Å²) in [5.74, 6) is 0.737. The summed E-state index contributed by atoms with van der Waals surface area (Å²) in [5.41, 5.74) is 1.49. The van der Waals surface area contributed by atoms with Gasteiger partial charge in [-0.15, -0.1) is 0 Å². The maximum atomic E-state index is 12.1. The van der Waals surface area contributed by atoms with E-state index in [1.54, 1.807) is 19.3 Å². The lowest BCUT2D eigenvalue weighted by atomic mass is 9.92. The lowest BCUT2D eigenvalue weighted by Crippen LogP contribution is -2.51. The second kappa shape index (κ2) is 10.6. The van der Waals surface area contributed by atoms with Crippen molar-refractivity contribution in [1.29, 1.82) is 0 Å². The molecule has 0 spiro atoms. The summed E-state index contributed by atoms with van der Waals surface area (Å²) in [5, 5.41) is 23.7. The third kappa shape index (κ3) is 5.84. The third-order valence-electron chi connectivity index (χ3n) is 4.96. The first-order chi connectivity index (χ1) is 15.1. The molecule has 0 bridgehead atoms. The molecular formula is C23H26N4O4. The van der Waals surface area contributed by atoms with Crippen molar-refractivity contribution in [3.05, 3.63) is 93.7 Å². The Morgan fingerprint density at radius 1 is 1.13 bits per heavy atom. The number of nitrogens with one attached hydrogen (secondary N) is 1. The molecule has 162 valence electrons. The van der Waals surface area contributed by atoms with E-state index < -0.39 is 5.66 Å². The molecule has 8 heteroatoms. The number of azo groups is 1. The van der Waals surface area contributed by atoms with E-state index in [0.29, 0.717) is 24.5 Å². The Morgan fingerprint density at radius 2 is 1.87 bits per heavy atom. The second-order valence-electron chi connectivity index (χ2n) is 7.05. The third-order valence-corrected chi connectivity index (χ3v) is 4.96. The van der Waals surface area contributed by atoms with Crippen LogP contribution in [-0.4, -0.2) is 30.9 Å². The molecule has 0 radical (unpaired) electrons. The molecule has 1 aliphatic rings. The van der Waals surface area contributed by atoms with Gasteiger partial charge in [-0.2, -0.15) is 10.2 Å². The number of nitrogens with zero attached hydrogens (tertiary/aromatic N) is 3. The van der Waals surface area contributed by atoms with Crippen LogP contribution in [0, 0.1) is 10.1 Å². The predicted molar refractivity (Wildman–Crippen MR) is 118 cm³/mol. The first kappa shape index (κ1) is 22.3. The highest BCUT2D eigenvalue weighted by atomic mass is 16.6. The van der Waals surface area contributed by atoms with Crippen molar-refractivity contribution in [3.8, 4) is 5.75 Å². The van der Waals surface area contributed by atoms with Crippen molar-refractivity contribution in [2.24, 2.45) is 10.2 Å². The van der Waals surface area contributed by atoms with Crippen molar-refractivity contribution in [3.63, 3.8) is 0 Å². The zero-order valence-electron chi connectivity index (χ0n) is 17.7. The van der Waals surface area contributed by atoms with Crippen molar-refractivity contribution in [1.82, 2.24) is 5.32 Å². The molecule has 1 N–H and O–H groups in total. The zero-order valence-corrected chi connectivity index (χ0v) is 17.7. The number of ether oxygens (including phenoxy) is 2. The van der Waals surface area contributed by atoms with Gasteiger partial charge in [0.2, 0.25) is 0 Å². The Kier molecular flexibility index (Phi) is 7.64. The minimum absolute atomic E-state index is 0.135. The molecule has 8 nitrogen and oxygen atoms in total. The van der Waals surface area contributed by atoms with Crippen molar-refractivity contribution < 1.29 is 14.4 Å². The van der Waals surface area contributed by atoms with Gasteiger partial charge < -0.3 is 9.47 Å². The molecule has 0 fully saturated rings. The van der Waals surface area contributed by atoms with E-state index in [1.807, 2.05) is 61.5 Å². The Balaban J connectivity index is 1.80. The molecule has 0 heterocycles. The van der Waals surface area contributed by atoms with Crippen LogP contribution >= 0.6 is 0 Å². The number of rotatable bonds is 10. The molecular weight excluding hydrogens is 396 g/mol. The topological polar surface area (TPSA) is 98.4 Å². The van der Waals surface area contributed by atoms with E-state index >= 15 is 0 Å². The van der Waals surface area contributed by atoms with Crippen molar-refractivity contribution in [2.45, 2.75) is 25.6 Å². The number of methoxy groups -OCH3 is 1. The lowest BCUT2D eigenvalue weighted by Gasteiger charge is -2.28. The lowest BCUT2D eigenvalue weighted by molar-refractivity contribution is -0.563. The number of hydrogen-bond acceptors (Lipinski definition) is 7. The Morgan fingerprint density at radius 3 is 2.52 bits per heavy atom. The summed E-state index contributed by atoms with van der Waals surface area (Å²) in [4.78, 5) is 11.8. The highest BCUT2D eigenvalue weighted by molar-refractivity contribution is 5.38. The maximum absolute atomic E-state index is 12.1. The van der Waals surface area contributed by atoms with Gasteiger partial charge in [0.05, 0.1) is 31.5 Å². The van der Waals surface area contributed by atoms with Crippen LogP contribution in [0.2, 0.25) is 0 Å².